The largest absolute Gasteiger partial charge is 0.218 e. The molecule has 0 heterocycles. The predicted octanol–water partition coefficient (Wildman–Crippen LogP) is 2.79. The van der Waals surface area contributed by atoms with E-state index in [0.717, 1.165) is 5.56 Å². The Bertz CT molecular complexity index is 671. The molecule has 2 aromatic carbocycles. The highest BCUT2D eigenvalue weighted by Gasteiger charge is 2.20. The zero-order valence-electron chi connectivity index (χ0n) is 11.2. The van der Waals surface area contributed by atoms with Gasteiger partial charge in [0.05, 0.1) is 5.75 Å². The molecule has 0 aliphatic rings. The third-order valence-corrected chi connectivity index (χ3v) is 4.77. The highest BCUT2D eigenvalue weighted by Crippen LogP contribution is 2.15. The molecule has 3 nitrogen and oxygen atoms in total. The van der Waals surface area contributed by atoms with Gasteiger partial charge in [0.1, 0.15) is 5.82 Å². The smallest absolute Gasteiger partial charge is 0.212 e. The first-order valence-electron chi connectivity index (χ1n) is 6.20. The number of benzene rings is 2. The zero-order valence-corrected chi connectivity index (χ0v) is 12.0. The van der Waals surface area contributed by atoms with Crippen molar-refractivity contribution in [2.24, 2.45) is 0 Å². The molecule has 0 radical (unpaired) electrons. The lowest BCUT2D eigenvalue weighted by Gasteiger charge is -2.17. The topological polar surface area (TPSA) is 37.4 Å². The van der Waals surface area contributed by atoms with E-state index in [1.165, 1.54) is 23.5 Å². The fourth-order valence-electron chi connectivity index (χ4n) is 1.86. The fraction of sp³-hybridized carbons (Fsp3) is 0.200. The molecule has 5 heteroatoms. The van der Waals surface area contributed by atoms with E-state index in [0.29, 0.717) is 0 Å². The fourth-order valence-corrected chi connectivity index (χ4v) is 3.05. The normalized spacial score (nSPS) is 11.8. The van der Waals surface area contributed by atoms with E-state index in [2.05, 4.69) is 0 Å². The van der Waals surface area contributed by atoms with Gasteiger partial charge < -0.3 is 0 Å². The SMILES string of the molecule is CN(Cc1ccccc1)S(=O)(=O)Cc1ccccc1F. The van der Waals surface area contributed by atoms with Gasteiger partial charge >= 0.3 is 0 Å². The molecule has 0 N–H and O–H groups in total. The predicted molar refractivity (Wildman–Crippen MR) is 76.9 cm³/mol. The second-order valence-corrected chi connectivity index (χ2v) is 6.67. The summed E-state index contributed by atoms with van der Waals surface area (Å²) in [5, 5.41) is 0. The van der Waals surface area contributed by atoms with E-state index in [4.69, 9.17) is 0 Å². The Kier molecular flexibility index (Phi) is 4.52. The molecule has 0 unspecified atom stereocenters. The molecule has 0 aliphatic carbocycles. The van der Waals surface area contributed by atoms with Gasteiger partial charge in [-0.2, -0.15) is 0 Å². The van der Waals surface area contributed by atoms with Crippen LogP contribution in [0.5, 0.6) is 0 Å². The van der Waals surface area contributed by atoms with Crippen molar-refractivity contribution in [2.75, 3.05) is 7.05 Å². The Balaban J connectivity index is 2.12. The standard InChI is InChI=1S/C15H16FNO2S/c1-17(11-13-7-3-2-4-8-13)20(18,19)12-14-9-5-6-10-15(14)16/h2-10H,11-12H2,1H3. The molecular weight excluding hydrogens is 277 g/mol. The van der Waals surface area contributed by atoms with Gasteiger partial charge in [0.2, 0.25) is 10.0 Å². The molecule has 0 aromatic heterocycles. The Morgan fingerprint density at radius 3 is 2.25 bits per heavy atom. The summed E-state index contributed by atoms with van der Waals surface area (Å²) in [6.45, 7) is 0.275. The summed E-state index contributed by atoms with van der Waals surface area (Å²) in [6.07, 6.45) is 0. The van der Waals surface area contributed by atoms with Crippen LogP contribution in [0.1, 0.15) is 11.1 Å². The number of hydrogen-bond acceptors (Lipinski definition) is 2. The van der Waals surface area contributed by atoms with Crippen molar-refractivity contribution in [3.8, 4) is 0 Å². The summed E-state index contributed by atoms with van der Waals surface area (Å²) < 4.78 is 39.2. The Morgan fingerprint density at radius 2 is 1.60 bits per heavy atom. The lowest BCUT2D eigenvalue weighted by molar-refractivity contribution is 0.464. The quantitative estimate of drug-likeness (QED) is 0.850. The first kappa shape index (κ1) is 14.7. The highest BCUT2D eigenvalue weighted by molar-refractivity contribution is 7.88. The minimum Gasteiger partial charge on any atom is -0.212 e. The number of nitrogens with zero attached hydrogens (tertiary/aromatic N) is 1. The van der Waals surface area contributed by atoms with Crippen molar-refractivity contribution in [2.45, 2.75) is 12.3 Å². The van der Waals surface area contributed by atoms with Crippen LogP contribution in [-0.4, -0.2) is 19.8 Å². The van der Waals surface area contributed by atoms with Crippen LogP contribution in [-0.2, 0) is 22.3 Å². The van der Waals surface area contributed by atoms with Crippen LogP contribution in [0.2, 0.25) is 0 Å². The van der Waals surface area contributed by atoms with Gasteiger partial charge in [-0.3, -0.25) is 0 Å². The maximum absolute atomic E-state index is 13.5. The average Bonchev–Trinajstić information content (AvgIpc) is 2.42. The average molecular weight is 293 g/mol. The van der Waals surface area contributed by atoms with Crippen LogP contribution in [0.4, 0.5) is 4.39 Å². The van der Waals surface area contributed by atoms with Crippen molar-refractivity contribution >= 4 is 10.0 Å². The summed E-state index contributed by atoms with van der Waals surface area (Å²) in [4.78, 5) is 0. The van der Waals surface area contributed by atoms with Crippen LogP contribution in [0.3, 0.4) is 0 Å². The molecule has 0 aliphatic heterocycles. The van der Waals surface area contributed by atoms with Gasteiger partial charge in [-0.25, -0.2) is 17.1 Å². The van der Waals surface area contributed by atoms with E-state index < -0.39 is 15.8 Å². The number of halogens is 1. The van der Waals surface area contributed by atoms with Gasteiger partial charge in [-0.05, 0) is 11.6 Å². The number of rotatable bonds is 5. The Morgan fingerprint density at radius 1 is 1.00 bits per heavy atom. The molecule has 2 aromatic rings. The second-order valence-electron chi connectivity index (χ2n) is 4.59. The van der Waals surface area contributed by atoms with Crippen molar-refractivity contribution in [1.29, 1.82) is 0 Å². The summed E-state index contributed by atoms with van der Waals surface area (Å²) in [6, 6.07) is 15.2. The molecule has 20 heavy (non-hydrogen) atoms. The third-order valence-electron chi connectivity index (χ3n) is 3.02. The minimum absolute atomic E-state index is 0.187. The highest BCUT2D eigenvalue weighted by atomic mass is 32.2. The molecule has 0 spiro atoms. The Hall–Kier alpha value is -1.72. The first-order valence-corrected chi connectivity index (χ1v) is 7.81. The number of hydrogen-bond donors (Lipinski definition) is 0. The van der Waals surface area contributed by atoms with Gasteiger partial charge in [-0.1, -0.05) is 48.5 Å². The van der Waals surface area contributed by atoms with Crippen molar-refractivity contribution in [1.82, 2.24) is 4.31 Å². The van der Waals surface area contributed by atoms with Crippen LogP contribution >= 0.6 is 0 Å². The van der Waals surface area contributed by atoms with Crippen molar-refractivity contribution in [3.05, 3.63) is 71.5 Å². The van der Waals surface area contributed by atoms with E-state index in [-0.39, 0.29) is 17.9 Å². The first-order chi connectivity index (χ1) is 9.49. The summed E-state index contributed by atoms with van der Waals surface area (Å²) in [7, 11) is -2.04. The van der Waals surface area contributed by atoms with Gasteiger partial charge in [0.15, 0.2) is 0 Å². The maximum atomic E-state index is 13.5. The van der Waals surface area contributed by atoms with E-state index in [9.17, 15) is 12.8 Å². The van der Waals surface area contributed by atoms with Gasteiger partial charge in [-0.15, -0.1) is 0 Å². The molecule has 0 bridgehead atoms. The summed E-state index contributed by atoms with van der Waals surface area (Å²) >= 11 is 0. The molecule has 0 saturated heterocycles. The molecular formula is C15H16FNO2S. The Labute approximate surface area is 118 Å². The molecule has 0 fully saturated rings. The van der Waals surface area contributed by atoms with E-state index in [1.54, 1.807) is 12.1 Å². The molecule has 0 amide bonds. The van der Waals surface area contributed by atoms with Crippen molar-refractivity contribution in [3.63, 3.8) is 0 Å². The lowest BCUT2D eigenvalue weighted by atomic mass is 10.2. The molecule has 0 saturated carbocycles. The van der Waals surface area contributed by atoms with Gasteiger partial charge in [0, 0.05) is 19.2 Å². The summed E-state index contributed by atoms with van der Waals surface area (Å²) in [5.41, 5.74) is 1.08. The van der Waals surface area contributed by atoms with E-state index in [1.807, 2.05) is 30.3 Å². The third kappa shape index (κ3) is 3.65. The lowest BCUT2D eigenvalue weighted by Crippen LogP contribution is -2.28. The molecule has 106 valence electrons. The van der Waals surface area contributed by atoms with E-state index >= 15 is 0 Å². The van der Waals surface area contributed by atoms with Gasteiger partial charge in [0.25, 0.3) is 0 Å². The monoisotopic (exact) mass is 293 g/mol. The van der Waals surface area contributed by atoms with Crippen molar-refractivity contribution < 1.29 is 12.8 Å². The van der Waals surface area contributed by atoms with Crippen LogP contribution in [0, 0.1) is 5.82 Å². The van der Waals surface area contributed by atoms with Crippen LogP contribution < -0.4 is 0 Å². The van der Waals surface area contributed by atoms with Crippen LogP contribution in [0.25, 0.3) is 0 Å². The maximum Gasteiger partial charge on any atom is 0.218 e. The molecule has 0 atom stereocenters. The number of sulfonamides is 1. The molecule has 2 rings (SSSR count). The minimum atomic E-state index is -3.54. The zero-order chi connectivity index (χ0) is 14.6. The van der Waals surface area contributed by atoms with Crippen LogP contribution in [0.15, 0.2) is 54.6 Å². The summed E-state index contributed by atoms with van der Waals surface area (Å²) in [5.74, 6) is -0.826. The second kappa shape index (κ2) is 6.15.